The standard InChI is InChI=1S/C16H19N3O2/c1-3-12-4-6-13(7-5-12)11-18(2)16-9-8-14(19(20)21)10-15(16)17/h4-10H,3,11,17H2,1-2H3. The zero-order valence-corrected chi connectivity index (χ0v) is 12.2. The molecule has 0 saturated carbocycles. The molecule has 0 radical (unpaired) electrons. The predicted molar refractivity (Wildman–Crippen MR) is 85.4 cm³/mol. The van der Waals surface area contributed by atoms with Crippen LogP contribution >= 0.6 is 0 Å². The Labute approximate surface area is 124 Å². The number of aryl methyl sites for hydroxylation is 1. The lowest BCUT2D eigenvalue weighted by Crippen LogP contribution is -2.17. The van der Waals surface area contributed by atoms with E-state index in [2.05, 4.69) is 31.2 Å². The molecule has 0 spiro atoms. The van der Waals surface area contributed by atoms with Crippen LogP contribution in [0.2, 0.25) is 0 Å². The highest BCUT2D eigenvalue weighted by atomic mass is 16.6. The molecule has 2 rings (SSSR count). The van der Waals surface area contributed by atoms with Gasteiger partial charge < -0.3 is 10.6 Å². The molecule has 0 bridgehead atoms. The van der Waals surface area contributed by atoms with E-state index in [1.165, 1.54) is 23.3 Å². The van der Waals surface area contributed by atoms with Gasteiger partial charge in [-0.25, -0.2) is 0 Å². The number of nitrogens with zero attached hydrogens (tertiary/aromatic N) is 2. The highest BCUT2D eigenvalue weighted by Gasteiger charge is 2.11. The van der Waals surface area contributed by atoms with E-state index in [9.17, 15) is 10.1 Å². The van der Waals surface area contributed by atoms with Gasteiger partial charge in [0.05, 0.1) is 16.3 Å². The molecular weight excluding hydrogens is 266 g/mol. The Kier molecular flexibility index (Phi) is 4.42. The summed E-state index contributed by atoms with van der Waals surface area (Å²) in [7, 11) is 1.92. The minimum absolute atomic E-state index is 0.0111. The van der Waals surface area contributed by atoms with E-state index < -0.39 is 4.92 Å². The van der Waals surface area contributed by atoms with E-state index in [1.54, 1.807) is 6.07 Å². The lowest BCUT2D eigenvalue weighted by atomic mass is 10.1. The molecule has 0 fully saturated rings. The largest absolute Gasteiger partial charge is 0.397 e. The topological polar surface area (TPSA) is 72.4 Å². The minimum Gasteiger partial charge on any atom is -0.397 e. The van der Waals surface area contributed by atoms with Crippen molar-refractivity contribution in [2.24, 2.45) is 0 Å². The van der Waals surface area contributed by atoms with Crippen molar-refractivity contribution in [3.63, 3.8) is 0 Å². The summed E-state index contributed by atoms with van der Waals surface area (Å²) in [5.41, 5.74) is 9.61. The van der Waals surface area contributed by atoms with Gasteiger partial charge in [-0.05, 0) is 23.6 Å². The fraction of sp³-hybridized carbons (Fsp3) is 0.250. The summed E-state index contributed by atoms with van der Waals surface area (Å²) in [4.78, 5) is 12.3. The first-order valence-electron chi connectivity index (χ1n) is 6.84. The van der Waals surface area contributed by atoms with Crippen molar-refractivity contribution in [2.75, 3.05) is 17.7 Å². The number of nitro benzene ring substituents is 1. The van der Waals surface area contributed by atoms with Gasteiger partial charge in [0.25, 0.3) is 5.69 Å². The molecule has 0 atom stereocenters. The molecule has 0 unspecified atom stereocenters. The van der Waals surface area contributed by atoms with Crippen molar-refractivity contribution in [1.29, 1.82) is 0 Å². The maximum atomic E-state index is 10.7. The highest BCUT2D eigenvalue weighted by molar-refractivity contribution is 5.70. The Morgan fingerprint density at radius 2 is 1.76 bits per heavy atom. The molecule has 2 N–H and O–H groups in total. The molecule has 5 heteroatoms. The van der Waals surface area contributed by atoms with Crippen LogP contribution in [0.1, 0.15) is 18.1 Å². The fourth-order valence-electron chi connectivity index (χ4n) is 2.24. The number of anilines is 2. The van der Waals surface area contributed by atoms with Crippen LogP contribution in [0.25, 0.3) is 0 Å². The quantitative estimate of drug-likeness (QED) is 0.519. The Morgan fingerprint density at radius 1 is 1.14 bits per heavy atom. The third-order valence-corrected chi connectivity index (χ3v) is 3.48. The van der Waals surface area contributed by atoms with Gasteiger partial charge in [0.2, 0.25) is 0 Å². The number of hydrogen-bond acceptors (Lipinski definition) is 4. The van der Waals surface area contributed by atoms with Gasteiger partial charge in [0.1, 0.15) is 0 Å². The molecule has 110 valence electrons. The zero-order valence-electron chi connectivity index (χ0n) is 12.2. The van der Waals surface area contributed by atoms with Gasteiger partial charge in [-0.1, -0.05) is 31.2 Å². The van der Waals surface area contributed by atoms with Gasteiger partial charge in [-0.15, -0.1) is 0 Å². The minimum atomic E-state index is -0.441. The summed E-state index contributed by atoms with van der Waals surface area (Å²) in [6.07, 6.45) is 1.02. The van der Waals surface area contributed by atoms with Gasteiger partial charge in [-0.2, -0.15) is 0 Å². The van der Waals surface area contributed by atoms with Crippen LogP contribution in [0.15, 0.2) is 42.5 Å². The monoisotopic (exact) mass is 285 g/mol. The number of hydrogen-bond donors (Lipinski definition) is 1. The molecule has 0 aliphatic carbocycles. The number of rotatable bonds is 5. The molecule has 21 heavy (non-hydrogen) atoms. The molecule has 5 nitrogen and oxygen atoms in total. The zero-order chi connectivity index (χ0) is 15.4. The summed E-state index contributed by atoms with van der Waals surface area (Å²) < 4.78 is 0. The second-order valence-corrected chi connectivity index (χ2v) is 5.03. The summed E-state index contributed by atoms with van der Waals surface area (Å²) in [6.45, 7) is 2.82. The summed E-state index contributed by atoms with van der Waals surface area (Å²) in [5, 5.41) is 10.7. The van der Waals surface area contributed by atoms with E-state index in [-0.39, 0.29) is 5.69 Å². The molecule has 0 aromatic heterocycles. The van der Waals surface area contributed by atoms with Crippen LogP contribution < -0.4 is 10.6 Å². The fourth-order valence-corrected chi connectivity index (χ4v) is 2.24. The van der Waals surface area contributed by atoms with Crippen LogP contribution in [0.3, 0.4) is 0 Å². The number of nitro groups is 1. The lowest BCUT2D eigenvalue weighted by molar-refractivity contribution is -0.384. The molecule has 0 amide bonds. The van der Waals surface area contributed by atoms with Crippen LogP contribution in [0, 0.1) is 10.1 Å². The van der Waals surface area contributed by atoms with Crippen LogP contribution in [-0.4, -0.2) is 12.0 Å². The Balaban J connectivity index is 2.15. The Morgan fingerprint density at radius 3 is 2.29 bits per heavy atom. The van der Waals surface area contributed by atoms with Crippen molar-refractivity contribution >= 4 is 17.1 Å². The SMILES string of the molecule is CCc1ccc(CN(C)c2ccc([N+](=O)[O-])cc2N)cc1. The maximum Gasteiger partial charge on any atom is 0.271 e. The molecule has 2 aromatic rings. The number of nitrogen functional groups attached to an aromatic ring is 1. The molecule has 0 saturated heterocycles. The molecular formula is C16H19N3O2. The van der Waals surface area contributed by atoms with Crippen LogP contribution in [0.4, 0.5) is 17.1 Å². The number of benzene rings is 2. The molecule has 2 aromatic carbocycles. The van der Waals surface area contributed by atoms with Gasteiger partial charge in [0.15, 0.2) is 0 Å². The Hall–Kier alpha value is -2.56. The molecule has 0 aliphatic heterocycles. The number of non-ortho nitro benzene ring substituents is 1. The van der Waals surface area contributed by atoms with E-state index in [4.69, 9.17) is 5.73 Å². The van der Waals surface area contributed by atoms with Crippen molar-refractivity contribution in [1.82, 2.24) is 0 Å². The summed E-state index contributed by atoms with van der Waals surface area (Å²) in [5.74, 6) is 0. The smallest absolute Gasteiger partial charge is 0.271 e. The van der Waals surface area contributed by atoms with Crippen molar-refractivity contribution < 1.29 is 4.92 Å². The van der Waals surface area contributed by atoms with Gasteiger partial charge in [-0.3, -0.25) is 10.1 Å². The van der Waals surface area contributed by atoms with E-state index in [0.29, 0.717) is 12.2 Å². The summed E-state index contributed by atoms with van der Waals surface area (Å²) >= 11 is 0. The average Bonchev–Trinajstić information content (AvgIpc) is 2.47. The van der Waals surface area contributed by atoms with Crippen molar-refractivity contribution in [3.8, 4) is 0 Å². The van der Waals surface area contributed by atoms with Crippen molar-refractivity contribution in [3.05, 3.63) is 63.7 Å². The first-order valence-corrected chi connectivity index (χ1v) is 6.84. The first kappa shape index (κ1) is 14.8. The maximum absolute atomic E-state index is 10.7. The van der Waals surface area contributed by atoms with E-state index in [0.717, 1.165) is 12.1 Å². The normalized spacial score (nSPS) is 10.4. The molecule has 0 heterocycles. The Bertz CT molecular complexity index is 638. The van der Waals surface area contributed by atoms with Crippen LogP contribution in [0.5, 0.6) is 0 Å². The van der Waals surface area contributed by atoms with E-state index in [1.807, 2.05) is 11.9 Å². The molecule has 0 aliphatic rings. The second kappa shape index (κ2) is 6.26. The van der Waals surface area contributed by atoms with Gasteiger partial charge >= 0.3 is 0 Å². The summed E-state index contributed by atoms with van der Waals surface area (Å²) in [6, 6.07) is 13.0. The third kappa shape index (κ3) is 3.51. The van der Waals surface area contributed by atoms with Crippen LogP contribution in [-0.2, 0) is 13.0 Å². The first-order chi connectivity index (χ1) is 10.0. The van der Waals surface area contributed by atoms with Gasteiger partial charge in [0, 0.05) is 25.7 Å². The van der Waals surface area contributed by atoms with Crippen molar-refractivity contribution in [2.45, 2.75) is 19.9 Å². The lowest BCUT2D eigenvalue weighted by Gasteiger charge is -2.21. The second-order valence-electron chi connectivity index (χ2n) is 5.03. The third-order valence-electron chi connectivity index (χ3n) is 3.48. The predicted octanol–water partition coefficient (Wildman–Crippen LogP) is 3.38. The average molecular weight is 285 g/mol. The number of nitrogens with two attached hydrogens (primary N) is 1. The van der Waals surface area contributed by atoms with E-state index >= 15 is 0 Å². The highest BCUT2D eigenvalue weighted by Crippen LogP contribution is 2.27.